The smallest absolute Gasteiger partial charge is 0.326 e. The third-order valence-corrected chi connectivity index (χ3v) is 5.27. The lowest BCUT2D eigenvalue weighted by Gasteiger charge is -2.24. The summed E-state index contributed by atoms with van der Waals surface area (Å²) < 4.78 is 0. The van der Waals surface area contributed by atoms with E-state index in [1.165, 1.54) is 11.8 Å². The lowest BCUT2D eigenvalue weighted by Crippen LogP contribution is -2.58. The number of aliphatic hydroxyl groups excluding tert-OH is 1. The molecule has 0 aromatic rings. The van der Waals surface area contributed by atoms with Crippen molar-refractivity contribution in [3.63, 3.8) is 0 Å². The van der Waals surface area contributed by atoms with Crippen molar-refractivity contribution in [2.75, 3.05) is 25.2 Å². The molecule has 15 nitrogen and oxygen atoms in total. The van der Waals surface area contributed by atoms with Crippen LogP contribution in [0.4, 0.5) is 0 Å². The summed E-state index contributed by atoms with van der Waals surface area (Å²) in [5, 5.41) is 34.3. The monoisotopic (exact) mass is 521 g/mol. The van der Waals surface area contributed by atoms with Crippen LogP contribution >= 0.6 is 11.8 Å². The lowest BCUT2D eigenvalue weighted by molar-refractivity contribution is -0.143. The van der Waals surface area contributed by atoms with Crippen molar-refractivity contribution in [2.45, 2.75) is 56.3 Å². The van der Waals surface area contributed by atoms with Crippen LogP contribution < -0.4 is 33.2 Å². The first-order chi connectivity index (χ1) is 16.4. The molecule has 12 N–H and O–H groups in total. The molecular weight excluding hydrogens is 486 g/mol. The van der Waals surface area contributed by atoms with Gasteiger partial charge in [-0.3, -0.25) is 24.2 Å². The quantitative estimate of drug-likeness (QED) is 0.0483. The van der Waals surface area contributed by atoms with Crippen molar-refractivity contribution in [3.05, 3.63) is 0 Å². The van der Waals surface area contributed by atoms with E-state index in [2.05, 4.69) is 20.9 Å². The largest absolute Gasteiger partial charge is 0.481 e. The molecule has 0 bridgehead atoms. The van der Waals surface area contributed by atoms with E-state index >= 15 is 0 Å². The fourth-order valence-corrected chi connectivity index (χ4v) is 3.18. The first-order valence-corrected chi connectivity index (χ1v) is 12.1. The van der Waals surface area contributed by atoms with E-state index in [-0.39, 0.29) is 25.3 Å². The number of aliphatic imine (C=N–C) groups is 1. The molecule has 16 heteroatoms. The summed E-state index contributed by atoms with van der Waals surface area (Å²) in [5.74, 6) is -4.73. The van der Waals surface area contributed by atoms with E-state index in [4.69, 9.17) is 22.3 Å². The third kappa shape index (κ3) is 14.0. The van der Waals surface area contributed by atoms with E-state index in [0.717, 1.165) is 0 Å². The van der Waals surface area contributed by atoms with Crippen molar-refractivity contribution < 1.29 is 39.3 Å². The Labute approximate surface area is 206 Å². The Morgan fingerprint density at radius 2 is 1.46 bits per heavy atom. The molecular formula is C19H35N7O8S. The van der Waals surface area contributed by atoms with Gasteiger partial charge in [-0.25, -0.2) is 4.79 Å². The summed E-state index contributed by atoms with van der Waals surface area (Å²) in [7, 11) is 0. The third-order valence-electron chi connectivity index (χ3n) is 4.63. The highest BCUT2D eigenvalue weighted by molar-refractivity contribution is 7.98. The second-order valence-corrected chi connectivity index (χ2v) is 8.46. The zero-order valence-electron chi connectivity index (χ0n) is 19.4. The highest BCUT2D eigenvalue weighted by Gasteiger charge is 2.30. The van der Waals surface area contributed by atoms with Gasteiger partial charge in [0.25, 0.3) is 0 Å². The minimum absolute atomic E-state index is 0.0692. The molecule has 0 saturated heterocycles. The maximum Gasteiger partial charge on any atom is 0.326 e. The van der Waals surface area contributed by atoms with Crippen LogP contribution in [0.15, 0.2) is 4.99 Å². The van der Waals surface area contributed by atoms with Gasteiger partial charge >= 0.3 is 11.9 Å². The molecule has 0 spiro atoms. The number of carboxylic acid groups (broad SMARTS) is 2. The normalized spacial score (nSPS) is 14.0. The molecule has 4 unspecified atom stereocenters. The van der Waals surface area contributed by atoms with E-state index in [1.54, 1.807) is 0 Å². The molecule has 0 aromatic carbocycles. The Morgan fingerprint density at radius 3 is 1.97 bits per heavy atom. The van der Waals surface area contributed by atoms with Crippen molar-refractivity contribution in [3.8, 4) is 0 Å². The lowest BCUT2D eigenvalue weighted by atomic mass is 10.1. The fourth-order valence-electron chi connectivity index (χ4n) is 2.69. The summed E-state index contributed by atoms with van der Waals surface area (Å²) >= 11 is 1.49. The van der Waals surface area contributed by atoms with Crippen LogP contribution in [0.5, 0.6) is 0 Å². The topological polar surface area (TPSA) is 273 Å². The molecule has 200 valence electrons. The van der Waals surface area contributed by atoms with Crippen LogP contribution in [-0.2, 0) is 24.0 Å². The zero-order valence-corrected chi connectivity index (χ0v) is 20.3. The van der Waals surface area contributed by atoms with E-state index in [1.807, 2.05) is 6.26 Å². The van der Waals surface area contributed by atoms with Gasteiger partial charge in [0.2, 0.25) is 17.7 Å². The molecule has 0 aliphatic carbocycles. The van der Waals surface area contributed by atoms with Gasteiger partial charge in [-0.15, -0.1) is 0 Å². The molecule has 0 aromatic heterocycles. The number of aliphatic carboxylic acids is 2. The molecule has 35 heavy (non-hydrogen) atoms. The first kappa shape index (κ1) is 31.9. The predicted molar refractivity (Wildman–Crippen MR) is 128 cm³/mol. The predicted octanol–water partition coefficient (Wildman–Crippen LogP) is -3.48. The molecule has 4 atom stereocenters. The van der Waals surface area contributed by atoms with Gasteiger partial charge in [-0.05, 0) is 37.7 Å². The average Bonchev–Trinajstić information content (AvgIpc) is 2.79. The Bertz CT molecular complexity index is 763. The van der Waals surface area contributed by atoms with Gasteiger partial charge in [0.05, 0.1) is 12.6 Å². The van der Waals surface area contributed by atoms with Crippen molar-refractivity contribution in [1.82, 2.24) is 16.0 Å². The highest BCUT2D eigenvalue weighted by Crippen LogP contribution is 2.04. The van der Waals surface area contributed by atoms with Crippen LogP contribution in [0.1, 0.15) is 32.1 Å². The fraction of sp³-hybridized carbons (Fsp3) is 0.684. The molecule has 0 fully saturated rings. The van der Waals surface area contributed by atoms with Gasteiger partial charge in [0.1, 0.15) is 18.1 Å². The van der Waals surface area contributed by atoms with Gasteiger partial charge in [-0.2, -0.15) is 11.8 Å². The Hall–Kier alpha value is -3.11. The number of rotatable bonds is 18. The number of hydrogen-bond acceptors (Lipinski definition) is 9. The van der Waals surface area contributed by atoms with E-state index in [0.29, 0.717) is 12.2 Å². The Morgan fingerprint density at radius 1 is 0.886 bits per heavy atom. The molecule has 0 radical (unpaired) electrons. The molecule has 0 heterocycles. The first-order valence-electron chi connectivity index (χ1n) is 10.7. The number of hydrogen-bond donors (Lipinski definition) is 9. The molecule has 0 aliphatic heterocycles. The second-order valence-electron chi connectivity index (χ2n) is 7.47. The van der Waals surface area contributed by atoms with Crippen molar-refractivity contribution in [2.24, 2.45) is 22.2 Å². The zero-order chi connectivity index (χ0) is 27.0. The standard InChI is InChI=1S/C19H35N7O8S/c1-35-8-6-10(20)15(30)24-11(3-2-7-23-19(21)22)16(31)26-13(9-27)17(32)25-12(18(33)34)4-5-14(28)29/h10-13,27H,2-9,20H2,1H3,(H,24,30)(H,25,32)(H,26,31)(H,28,29)(H,33,34)(H4,21,22,23). The minimum atomic E-state index is -1.56. The second kappa shape index (κ2) is 17.3. The van der Waals surface area contributed by atoms with Gasteiger partial charge < -0.3 is 48.5 Å². The average molecular weight is 522 g/mol. The summed E-state index contributed by atoms with van der Waals surface area (Å²) in [6.07, 6.45) is 1.64. The van der Waals surface area contributed by atoms with Crippen LogP contribution in [0, 0.1) is 0 Å². The van der Waals surface area contributed by atoms with Crippen LogP contribution in [0.2, 0.25) is 0 Å². The number of carbonyl (C=O) groups excluding carboxylic acids is 3. The number of carboxylic acids is 2. The van der Waals surface area contributed by atoms with Crippen LogP contribution in [-0.4, -0.2) is 100 Å². The number of thioether (sulfide) groups is 1. The van der Waals surface area contributed by atoms with Gasteiger partial charge in [0.15, 0.2) is 5.96 Å². The highest BCUT2D eigenvalue weighted by atomic mass is 32.2. The number of nitrogens with one attached hydrogen (secondary N) is 3. The minimum Gasteiger partial charge on any atom is -0.481 e. The number of nitrogens with two attached hydrogens (primary N) is 3. The Balaban J connectivity index is 5.32. The van der Waals surface area contributed by atoms with E-state index < -0.39 is 73.3 Å². The molecule has 0 rings (SSSR count). The van der Waals surface area contributed by atoms with Gasteiger partial charge in [-0.1, -0.05) is 0 Å². The number of nitrogens with zero attached hydrogens (tertiary/aromatic N) is 1. The molecule has 3 amide bonds. The number of amides is 3. The number of aliphatic hydroxyl groups is 1. The molecule has 0 aliphatic rings. The SMILES string of the molecule is CSCCC(N)C(=O)NC(CCCN=C(N)N)C(=O)NC(CO)C(=O)NC(CCC(=O)O)C(=O)O. The van der Waals surface area contributed by atoms with Gasteiger partial charge in [0, 0.05) is 13.0 Å². The van der Waals surface area contributed by atoms with Crippen molar-refractivity contribution in [1.29, 1.82) is 0 Å². The summed E-state index contributed by atoms with van der Waals surface area (Å²) in [5.41, 5.74) is 16.4. The maximum absolute atomic E-state index is 12.8. The van der Waals surface area contributed by atoms with E-state index in [9.17, 15) is 34.2 Å². The Kier molecular flexibility index (Phi) is 15.8. The maximum atomic E-state index is 12.8. The molecule has 0 saturated carbocycles. The van der Waals surface area contributed by atoms with Crippen LogP contribution in [0.25, 0.3) is 0 Å². The van der Waals surface area contributed by atoms with Crippen LogP contribution in [0.3, 0.4) is 0 Å². The summed E-state index contributed by atoms with van der Waals surface area (Å²) in [6, 6.07) is -5.13. The summed E-state index contributed by atoms with van der Waals surface area (Å²) in [4.78, 5) is 63.4. The number of guanidine groups is 1. The summed E-state index contributed by atoms with van der Waals surface area (Å²) in [6.45, 7) is -0.723. The van der Waals surface area contributed by atoms with Crippen molar-refractivity contribution >= 4 is 47.4 Å². The number of carbonyl (C=O) groups is 5.